The Labute approximate surface area is 69.2 Å². The quantitative estimate of drug-likeness (QED) is 0.655. The van der Waals surface area contributed by atoms with Crippen LogP contribution in [0.1, 0.15) is 33.1 Å². The molecule has 0 aromatic rings. The second kappa shape index (κ2) is 6.62. The first-order valence-electron chi connectivity index (χ1n) is 4.51. The highest BCUT2D eigenvalue weighted by molar-refractivity contribution is 4.84. The molecule has 1 fully saturated rings. The first kappa shape index (κ1) is 10.9. The van der Waals surface area contributed by atoms with Crippen LogP contribution in [0.15, 0.2) is 0 Å². The van der Waals surface area contributed by atoms with Gasteiger partial charge in [0.25, 0.3) is 0 Å². The maximum Gasteiger partial charge on any atom is 0.0433 e. The third-order valence-corrected chi connectivity index (χ3v) is 2.09. The van der Waals surface area contributed by atoms with Gasteiger partial charge in [-0.3, -0.25) is 0 Å². The molecule has 1 rings (SSSR count). The Kier molecular flexibility index (Phi) is 6.57. The topological polar surface area (TPSA) is 40.5 Å². The molecule has 0 aliphatic heterocycles. The minimum atomic E-state index is 0.250. The van der Waals surface area contributed by atoms with Gasteiger partial charge in [-0.25, -0.2) is 0 Å². The van der Waals surface area contributed by atoms with E-state index in [0.29, 0.717) is 6.61 Å². The minimum absolute atomic E-state index is 0.250. The zero-order chi connectivity index (χ0) is 8.69. The smallest absolute Gasteiger partial charge is 0.0433 e. The molecule has 0 saturated heterocycles. The third-order valence-electron chi connectivity index (χ3n) is 2.09. The van der Waals surface area contributed by atoms with E-state index in [9.17, 15) is 0 Å². The number of aliphatic hydroxyl groups is 2. The number of rotatable bonds is 3. The summed E-state index contributed by atoms with van der Waals surface area (Å²) in [5.74, 6) is 1.84. The van der Waals surface area contributed by atoms with Crippen molar-refractivity contribution in [2.75, 3.05) is 13.2 Å². The lowest BCUT2D eigenvalue weighted by atomic mass is 10.2. The van der Waals surface area contributed by atoms with Gasteiger partial charge in [0.1, 0.15) is 0 Å². The van der Waals surface area contributed by atoms with Gasteiger partial charge in [-0.05, 0) is 31.6 Å². The highest BCUT2D eigenvalue weighted by Gasteiger charge is 2.33. The van der Waals surface area contributed by atoms with E-state index in [1.54, 1.807) is 6.92 Å². The van der Waals surface area contributed by atoms with Crippen molar-refractivity contribution in [3.8, 4) is 0 Å². The Morgan fingerprint density at radius 1 is 1.18 bits per heavy atom. The van der Waals surface area contributed by atoms with Crippen LogP contribution >= 0.6 is 0 Å². The molecule has 2 unspecified atom stereocenters. The standard InChI is InChI=1S/C7H14O.C2H6O/c1-2-6-5-7(6)3-4-8;1-2-3/h6-8H,2-5H2,1H3;3H,2H2,1H3. The first-order chi connectivity index (χ1) is 5.29. The molecule has 0 spiro atoms. The Bertz CT molecular complexity index is 83.6. The Hall–Kier alpha value is -0.0800. The molecule has 1 saturated carbocycles. The molecular formula is C9H20O2. The summed E-state index contributed by atoms with van der Waals surface area (Å²) in [6, 6.07) is 0. The average molecular weight is 160 g/mol. The third kappa shape index (κ3) is 5.22. The molecule has 1 aliphatic rings. The van der Waals surface area contributed by atoms with Crippen LogP contribution in [0.25, 0.3) is 0 Å². The number of aliphatic hydroxyl groups excluding tert-OH is 2. The highest BCUT2D eigenvalue weighted by Crippen LogP contribution is 2.42. The van der Waals surface area contributed by atoms with Crippen LogP contribution in [0.4, 0.5) is 0 Å². The van der Waals surface area contributed by atoms with Crippen molar-refractivity contribution < 1.29 is 10.2 Å². The molecule has 0 heterocycles. The van der Waals surface area contributed by atoms with Crippen LogP contribution in [-0.4, -0.2) is 23.4 Å². The fourth-order valence-electron chi connectivity index (χ4n) is 1.33. The van der Waals surface area contributed by atoms with E-state index in [0.717, 1.165) is 18.3 Å². The van der Waals surface area contributed by atoms with Crippen molar-refractivity contribution in [2.24, 2.45) is 11.8 Å². The van der Waals surface area contributed by atoms with Crippen LogP contribution in [0.3, 0.4) is 0 Å². The van der Waals surface area contributed by atoms with Crippen LogP contribution in [-0.2, 0) is 0 Å². The van der Waals surface area contributed by atoms with Crippen LogP contribution < -0.4 is 0 Å². The molecule has 0 aromatic heterocycles. The summed E-state index contributed by atoms with van der Waals surface area (Å²) in [6.07, 6.45) is 3.72. The molecule has 0 radical (unpaired) electrons. The summed E-state index contributed by atoms with van der Waals surface area (Å²) in [5.41, 5.74) is 0. The fraction of sp³-hybridized carbons (Fsp3) is 1.00. The predicted molar refractivity (Wildman–Crippen MR) is 46.4 cm³/mol. The van der Waals surface area contributed by atoms with Crippen molar-refractivity contribution in [3.05, 3.63) is 0 Å². The Morgan fingerprint density at radius 2 is 1.73 bits per heavy atom. The van der Waals surface area contributed by atoms with E-state index < -0.39 is 0 Å². The first-order valence-corrected chi connectivity index (χ1v) is 4.51. The van der Waals surface area contributed by atoms with Crippen molar-refractivity contribution >= 4 is 0 Å². The molecule has 2 heteroatoms. The Morgan fingerprint density at radius 3 is 2.00 bits per heavy atom. The van der Waals surface area contributed by atoms with Crippen molar-refractivity contribution in [2.45, 2.75) is 33.1 Å². The predicted octanol–water partition coefficient (Wildman–Crippen LogP) is 1.41. The van der Waals surface area contributed by atoms with Gasteiger partial charge in [0, 0.05) is 13.2 Å². The summed E-state index contributed by atoms with van der Waals surface area (Å²) >= 11 is 0. The van der Waals surface area contributed by atoms with Gasteiger partial charge in [0.15, 0.2) is 0 Å². The average Bonchev–Trinajstić information content (AvgIpc) is 2.70. The summed E-state index contributed by atoms with van der Waals surface area (Å²) in [5, 5.41) is 16.1. The number of hydrogen-bond donors (Lipinski definition) is 2. The zero-order valence-electron chi connectivity index (χ0n) is 7.58. The number of hydrogen-bond acceptors (Lipinski definition) is 2. The van der Waals surface area contributed by atoms with E-state index in [1.807, 2.05) is 0 Å². The second-order valence-electron chi connectivity index (χ2n) is 2.99. The van der Waals surface area contributed by atoms with Crippen molar-refractivity contribution in [3.63, 3.8) is 0 Å². The summed E-state index contributed by atoms with van der Waals surface area (Å²) < 4.78 is 0. The molecule has 68 valence electrons. The van der Waals surface area contributed by atoms with E-state index in [2.05, 4.69) is 6.92 Å². The Balaban J connectivity index is 0.000000292. The van der Waals surface area contributed by atoms with E-state index in [1.165, 1.54) is 12.8 Å². The summed E-state index contributed by atoms with van der Waals surface area (Å²) in [6.45, 7) is 4.54. The maximum absolute atomic E-state index is 8.49. The SMILES string of the molecule is CCC1CC1CCO.CCO. The zero-order valence-corrected chi connectivity index (χ0v) is 7.58. The molecule has 2 N–H and O–H groups in total. The molecule has 11 heavy (non-hydrogen) atoms. The van der Waals surface area contributed by atoms with Gasteiger partial charge in [-0.15, -0.1) is 0 Å². The lowest BCUT2D eigenvalue weighted by Crippen LogP contribution is -1.85. The largest absolute Gasteiger partial charge is 0.397 e. The lowest BCUT2D eigenvalue weighted by Gasteiger charge is -1.89. The van der Waals surface area contributed by atoms with E-state index in [-0.39, 0.29) is 6.61 Å². The second-order valence-corrected chi connectivity index (χ2v) is 2.99. The van der Waals surface area contributed by atoms with Gasteiger partial charge in [-0.2, -0.15) is 0 Å². The van der Waals surface area contributed by atoms with Gasteiger partial charge >= 0.3 is 0 Å². The van der Waals surface area contributed by atoms with E-state index >= 15 is 0 Å². The summed E-state index contributed by atoms with van der Waals surface area (Å²) in [4.78, 5) is 0. The fourth-order valence-corrected chi connectivity index (χ4v) is 1.33. The molecule has 2 nitrogen and oxygen atoms in total. The molecular weight excluding hydrogens is 140 g/mol. The molecule has 1 aliphatic carbocycles. The van der Waals surface area contributed by atoms with Crippen molar-refractivity contribution in [1.82, 2.24) is 0 Å². The molecule has 0 amide bonds. The van der Waals surface area contributed by atoms with Crippen molar-refractivity contribution in [1.29, 1.82) is 0 Å². The van der Waals surface area contributed by atoms with Crippen LogP contribution in [0.2, 0.25) is 0 Å². The maximum atomic E-state index is 8.49. The summed E-state index contributed by atoms with van der Waals surface area (Å²) in [7, 11) is 0. The normalized spacial score (nSPS) is 27.3. The van der Waals surface area contributed by atoms with E-state index in [4.69, 9.17) is 10.2 Å². The van der Waals surface area contributed by atoms with Gasteiger partial charge < -0.3 is 10.2 Å². The minimum Gasteiger partial charge on any atom is -0.397 e. The highest BCUT2D eigenvalue weighted by atomic mass is 16.3. The van der Waals surface area contributed by atoms with Crippen LogP contribution in [0.5, 0.6) is 0 Å². The van der Waals surface area contributed by atoms with Gasteiger partial charge in [-0.1, -0.05) is 13.3 Å². The monoisotopic (exact) mass is 160 g/mol. The van der Waals surface area contributed by atoms with Gasteiger partial charge in [0.2, 0.25) is 0 Å². The van der Waals surface area contributed by atoms with Gasteiger partial charge in [0.05, 0.1) is 0 Å². The molecule has 2 atom stereocenters. The molecule has 0 bridgehead atoms. The van der Waals surface area contributed by atoms with Crippen LogP contribution in [0, 0.1) is 11.8 Å². The lowest BCUT2D eigenvalue weighted by molar-refractivity contribution is 0.276. The molecule has 0 aromatic carbocycles.